The maximum atomic E-state index is 13.1. The first-order valence-electron chi connectivity index (χ1n) is 18.9. The van der Waals surface area contributed by atoms with E-state index in [0.717, 1.165) is 16.7 Å². The molecule has 1 amide bonds. The summed E-state index contributed by atoms with van der Waals surface area (Å²) in [7, 11) is 0.769. The average molecular weight is 788 g/mol. The van der Waals surface area contributed by atoms with Gasteiger partial charge in [-0.25, -0.2) is 15.0 Å². The molecule has 0 unspecified atom stereocenters. The highest BCUT2D eigenvalue weighted by Crippen LogP contribution is 2.45. The van der Waals surface area contributed by atoms with Crippen LogP contribution in [0, 0.1) is 0 Å². The number of anilines is 1. The second-order valence-electron chi connectivity index (χ2n) is 15.6. The monoisotopic (exact) mass is 787 g/mol. The SMILES string of the molecule is COc1ccc(C(OC[C@H]2O[C@@H](n3cnc4c(NC(=O)c5ccccc5)ncnc43)[C@@H](O[Si](C)(C)C(C)(C)C)[C@H]2O)(c2ccccc2)c2ccc(OC)cc2)cc1. The van der Waals surface area contributed by atoms with Gasteiger partial charge in [-0.05, 0) is 71.2 Å². The Kier molecular flexibility index (Phi) is 11.3. The molecule has 7 rings (SSSR count). The second-order valence-corrected chi connectivity index (χ2v) is 20.3. The number of nitrogens with zero attached hydrogens (tertiary/aromatic N) is 4. The third kappa shape index (κ3) is 7.81. The highest BCUT2D eigenvalue weighted by molar-refractivity contribution is 6.74. The summed E-state index contributed by atoms with van der Waals surface area (Å²) in [6.45, 7) is 10.7. The lowest BCUT2D eigenvalue weighted by Gasteiger charge is -2.40. The topological polar surface area (TPSA) is 139 Å². The number of amides is 1. The van der Waals surface area contributed by atoms with E-state index in [4.69, 9.17) is 23.4 Å². The predicted molar refractivity (Wildman–Crippen MR) is 220 cm³/mol. The number of imidazole rings is 1. The summed E-state index contributed by atoms with van der Waals surface area (Å²) in [6.07, 6.45) is -0.671. The molecule has 1 fully saturated rings. The average Bonchev–Trinajstić information content (AvgIpc) is 3.79. The van der Waals surface area contributed by atoms with Gasteiger partial charge in [-0.1, -0.05) is 93.6 Å². The van der Waals surface area contributed by atoms with Crippen molar-refractivity contribution in [2.45, 2.75) is 69.0 Å². The number of hydrogen-bond acceptors (Lipinski definition) is 10. The lowest BCUT2D eigenvalue weighted by Crippen LogP contribution is -2.49. The molecule has 2 N–H and O–H groups in total. The summed E-state index contributed by atoms with van der Waals surface area (Å²) in [5.74, 6) is 1.33. The number of methoxy groups -OCH3 is 2. The lowest BCUT2D eigenvalue weighted by atomic mass is 9.80. The van der Waals surface area contributed by atoms with Crippen LogP contribution in [0.15, 0.2) is 122 Å². The van der Waals surface area contributed by atoms with E-state index in [-0.39, 0.29) is 23.4 Å². The van der Waals surface area contributed by atoms with Gasteiger partial charge in [-0.15, -0.1) is 0 Å². The molecule has 3 heterocycles. The molecular weight excluding hydrogens is 739 g/mol. The van der Waals surface area contributed by atoms with Crippen molar-refractivity contribution < 1.29 is 33.3 Å². The molecule has 1 aliphatic rings. The second kappa shape index (κ2) is 16.2. The Labute approximate surface area is 333 Å². The molecule has 0 saturated carbocycles. The van der Waals surface area contributed by atoms with Crippen LogP contribution in [0.5, 0.6) is 11.5 Å². The summed E-state index contributed by atoms with van der Waals surface area (Å²) in [4.78, 5) is 26.7. The van der Waals surface area contributed by atoms with Crippen molar-refractivity contribution in [1.82, 2.24) is 19.5 Å². The highest BCUT2D eigenvalue weighted by Gasteiger charge is 2.52. The standard InChI is InChI=1S/C44H49N5O7Si/c1-43(2,3)57(6,7)56-38-37(50)35(55-42(38)49-28-47-36-39(45-27-46-40(36)49)48-41(51)29-14-10-8-11-15-29)26-54-44(30-16-12-9-13-17-30,31-18-22-33(52-4)23-19-31)32-20-24-34(53-5)25-21-32/h8-25,27-28,35,37-38,42,50H,26H2,1-7H3,(H,45,46,48,51)/t35-,37+,38+,42-/m1/s1. The van der Waals surface area contributed by atoms with Gasteiger partial charge in [0.15, 0.2) is 31.5 Å². The first-order valence-corrected chi connectivity index (χ1v) is 21.8. The van der Waals surface area contributed by atoms with Crippen LogP contribution < -0.4 is 14.8 Å². The molecule has 0 spiro atoms. The number of nitrogens with one attached hydrogen (secondary N) is 1. The molecule has 0 aliphatic carbocycles. The van der Waals surface area contributed by atoms with E-state index in [0.29, 0.717) is 28.2 Å². The van der Waals surface area contributed by atoms with Crippen LogP contribution in [-0.2, 0) is 19.5 Å². The van der Waals surface area contributed by atoms with Crippen LogP contribution in [0.1, 0.15) is 54.0 Å². The molecule has 296 valence electrons. The Morgan fingerprint density at radius 3 is 1.93 bits per heavy atom. The van der Waals surface area contributed by atoms with Gasteiger partial charge >= 0.3 is 0 Å². The van der Waals surface area contributed by atoms with E-state index < -0.39 is 38.5 Å². The Morgan fingerprint density at radius 2 is 1.37 bits per heavy atom. The van der Waals surface area contributed by atoms with Crippen LogP contribution in [0.2, 0.25) is 18.1 Å². The molecule has 6 aromatic rings. The summed E-state index contributed by atoms with van der Waals surface area (Å²) in [6, 6.07) is 34.4. The van der Waals surface area contributed by atoms with Crippen molar-refractivity contribution in [3.63, 3.8) is 0 Å². The first kappa shape index (κ1) is 39.8. The molecule has 57 heavy (non-hydrogen) atoms. The van der Waals surface area contributed by atoms with E-state index in [9.17, 15) is 9.90 Å². The zero-order chi connectivity index (χ0) is 40.4. The van der Waals surface area contributed by atoms with Crippen molar-refractivity contribution in [3.8, 4) is 11.5 Å². The molecule has 4 aromatic carbocycles. The Bertz CT molecular complexity index is 2230. The van der Waals surface area contributed by atoms with Crippen molar-refractivity contribution >= 4 is 31.2 Å². The largest absolute Gasteiger partial charge is 0.497 e. The van der Waals surface area contributed by atoms with Crippen molar-refractivity contribution in [2.75, 3.05) is 26.1 Å². The minimum Gasteiger partial charge on any atom is -0.497 e. The molecule has 0 bridgehead atoms. The number of aromatic nitrogens is 4. The number of carbonyl (C=O) groups is 1. The van der Waals surface area contributed by atoms with Crippen LogP contribution in [0.4, 0.5) is 5.82 Å². The Hall–Kier alpha value is -5.44. The zero-order valence-electron chi connectivity index (χ0n) is 33.2. The minimum absolute atomic E-state index is 0.0258. The van der Waals surface area contributed by atoms with E-state index >= 15 is 0 Å². The van der Waals surface area contributed by atoms with Crippen molar-refractivity contribution in [2.24, 2.45) is 0 Å². The Balaban J connectivity index is 1.28. The number of rotatable bonds is 13. The molecule has 13 heteroatoms. The molecular formula is C44H49N5O7Si. The fourth-order valence-electron chi connectivity index (χ4n) is 6.90. The summed E-state index contributed by atoms with van der Waals surface area (Å²) in [5, 5.41) is 15.0. The lowest BCUT2D eigenvalue weighted by molar-refractivity contribution is -0.0940. The number of aliphatic hydroxyl groups is 1. The van der Waals surface area contributed by atoms with E-state index in [2.05, 4.69) is 54.1 Å². The third-order valence-corrected chi connectivity index (χ3v) is 15.6. The maximum Gasteiger partial charge on any atom is 0.256 e. The first-order chi connectivity index (χ1) is 27.4. The molecule has 4 atom stereocenters. The van der Waals surface area contributed by atoms with Gasteiger partial charge in [0.05, 0.1) is 27.2 Å². The third-order valence-electron chi connectivity index (χ3n) is 11.1. The van der Waals surface area contributed by atoms with Gasteiger partial charge in [-0.2, -0.15) is 0 Å². The summed E-state index contributed by atoms with van der Waals surface area (Å²) < 4.78 is 33.8. The van der Waals surface area contributed by atoms with Crippen molar-refractivity contribution in [3.05, 3.63) is 144 Å². The van der Waals surface area contributed by atoms with Gasteiger partial charge in [0.25, 0.3) is 5.91 Å². The number of carbonyl (C=O) groups excluding carboxylic acids is 1. The van der Waals surface area contributed by atoms with Crippen molar-refractivity contribution in [1.29, 1.82) is 0 Å². The molecule has 12 nitrogen and oxygen atoms in total. The molecule has 1 aliphatic heterocycles. The fraction of sp³-hybridized carbons (Fsp3) is 0.318. The van der Waals surface area contributed by atoms with Crippen LogP contribution in [-0.4, -0.2) is 78.0 Å². The Morgan fingerprint density at radius 1 is 0.807 bits per heavy atom. The van der Waals surface area contributed by atoms with Crippen LogP contribution in [0.3, 0.4) is 0 Å². The van der Waals surface area contributed by atoms with E-state index in [1.165, 1.54) is 6.33 Å². The number of hydrogen-bond donors (Lipinski definition) is 2. The maximum absolute atomic E-state index is 13.1. The number of ether oxygens (including phenoxy) is 4. The normalized spacial score (nSPS) is 18.7. The van der Waals surface area contributed by atoms with Gasteiger partial charge in [-0.3, -0.25) is 9.36 Å². The van der Waals surface area contributed by atoms with Gasteiger partial charge in [0.2, 0.25) is 0 Å². The quantitative estimate of drug-likeness (QED) is 0.0883. The fourth-order valence-corrected chi connectivity index (χ4v) is 8.19. The molecule has 0 radical (unpaired) electrons. The number of benzene rings is 4. The van der Waals surface area contributed by atoms with Gasteiger partial charge in [0, 0.05) is 5.56 Å². The van der Waals surface area contributed by atoms with Crippen LogP contribution >= 0.6 is 0 Å². The van der Waals surface area contributed by atoms with Gasteiger partial charge in [0.1, 0.15) is 41.7 Å². The van der Waals surface area contributed by atoms with Gasteiger partial charge < -0.3 is 33.8 Å². The number of aliphatic hydroxyl groups excluding tert-OH is 1. The summed E-state index contributed by atoms with van der Waals surface area (Å²) >= 11 is 0. The van der Waals surface area contributed by atoms with E-state index in [1.54, 1.807) is 49.4 Å². The zero-order valence-corrected chi connectivity index (χ0v) is 34.2. The smallest absolute Gasteiger partial charge is 0.256 e. The molecule has 2 aromatic heterocycles. The number of fused-ring (bicyclic) bond motifs is 1. The summed E-state index contributed by atoms with van der Waals surface area (Å²) in [5.41, 5.74) is 2.69. The highest BCUT2D eigenvalue weighted by atomic mass is 28.4. The predicted octanol–water partition coefficient (Wildman–Crippen LogP) is 7.75. The minimum atomic E-state index is -2.50. The van der Waals surface area contributed by atoms with Crippen LogP contribution in [0.25, 0.3) is 11.2 Å². The van der Waals surface area contributed by atoms with E-state index in [1.807, 2.05) is 84.9 Å². The molecule has 1 saturated heterocycles.